The lowest BCUT2D eigenvalue weighted by atomic mass is 9.91. The minimum atomic E-state index is -2.81. The number of hydrogen-bond acceptors (Lipinski definition) is 4. The van der Waals surface area contributed by atoms with Gasteiger partial charge in [0.25, 0.3) is 0 Å². The Morgan fingerprint density at radius 2 is 2.11 bits per heavy atom. The monoisotopic (exact) mass is 274 g/mol. The molecule has 3 unspecified atom stereocenters. The van der Waals surface area contributed by atoms with Gasteiger partial charge in [-0.1, -0.05) is 13.3 Å². The summed E-state index contributed by atoms with van der Waals surface area (Å²) in [6, 6.07) is 0.175. The average molecular weight is 274 g/mol. The van der Waals surface area contributed by atoms with Gasteiger partial charge in [-0.25, -0.2) is 8.42 Å². The number of likely N-dealkylation sites (N-methyl/N-ethyl adjacent to an activating group) is 1. The topological polar surface area (TPSA) is 63.4 Å². The molecule has 0 bridgehead atoms. The molecule has 1 heterocycles. The molecule has 0 aromatic rings. The van der Waals surface area contributed by atoms with E-state index >= 15 is 0 Å². The van der Waals surface area contributed by atoms with Crippen molar-refractivity contribution in [2.24, 2.45) is 11.7 Å². The Balaban J connectivity index is 2.09. The van der Waals surface area contributed by atoms with Crippen LogP contribution in [-0.4, -0.2) is 50.0 Å². The van der Waals surface area contributed by atoms with Crippen LogP contribution in [0.25, 0.3) is 0 Å². The average Bonchev–Trinajstić information content (AvgIpc) is 2.92. The highest BCUT2D eigenvalue weighted by Crippen LogP contribution is 2.41. The predicted molar refractivity (Wildman–Crippen MR) is 74.2 cm³/mol. The fraction of sp³-hybridized carbons (Fsp3) is 1.00. The van der Waals surface area contributed by atoms with Crippen LogP contribution in [-0.2, 0) is 9.84 Å². The van der Waals surface area contributed by atoms with Gasteiger partial charge in [-0.2, -0.15) is 0 Å². The van der Waals surface area contributed by atoms with Gasteiger partial charge in [-0.05, 0) is 38.6 Å². The molecule has 2 fully saturated rings. The molecule has 2 N–H and O–H groups in total. The molecule has 0 radical (unpaired) electrons. The molecular formula is C13H26N2O2S. The molecule has 2 aliphatic rings. The van der Waals surface area contributed by atoms with Gasteiger partial charge >= 0.3 is 0 Å². The van der Waals surface area contributed by atoms with E-state index in [0.29, 0.717) is 18.1 Å². The Bertz CT molecular complexity index is 396. The first kappa shape index (κ1) is 14.3. The van der Waals surface area contributed by atoms with Gasteiger partial charge < -0.3 is 5.73 Å². The van der Waals surface area contributed by atoms with E-state index in [-0.39, 0.29) is 11.6 Å². The SMILES string of the molecule is CCC1CCC(CN)(N(C)C2CCS(=O)(=O)C2)C1. The Kier molecular flexibility index (Phi) is 4.04. The summed E-state index contributed by atoms with van der Waals surface area (Å²) in [7, 11) is -0.727. The van der Waals surface area contributed by atoms with E-state index in [9.17, 15) is 8.42 Å². The van der Waals surface area contributed by atoms with E-state index in [4.69, 9.17) is 5.73 Å². The van der Waals surface area contributed by atoms with Crippen molar-refractivity contribution in [3.8, 4) is 0 Å². The molecule has 1 aliphatic heterocycles. The second-order valence-electron chi connectivity index (χ2n) is 6.11. The minimum absolute atomic E-state index is 0.0468. The standard InChI is InChI=1S/C13H26N2O2S/c1-3-11-4-6-13(8-11,10-14)15(2)12-5-7-18(16,17)9-12/h11-12H,3-10,14H2,1-2H3. The number of nitrogens with two attached hydrogens (primary N) is 1. The molecule has 0 amide bonds. The van der Waals surface area contributed by atoms with Crippen LogP contribution in [0.1, 0.15) is 39.0 Å². The third-order valence-corrected chi connectivity index (χ3v) is 6.90. The fourth-order valence-electron chi connectivity index (χ4n) is 3.68. The maximum absolute atomic E-state index is 11.6. The Labute approximate surface area is 111 Å². The van der Waals surface area contributed by atoms with Crippen LogP contribution in [0.2, 0.25) is 0 Å². The molecule has 0 aromatic carbocycles. The molecule has 106 valence electrons. The van der Waals surface area contributed by atoms with Crippen LogP contribution >= 0.6 is 0 Å². The number of sulfone groups is 1. The maximum atomic E-state index is 11.6. The highest BCUT2D eigenvalue weighted by Gasteiger charge is 2.45. The molecule has 18 heavy (non-hydrogen) atoms. The van der Waals surface area contributed by atoms with Gasteiger partial charge in [0, 0.05) is 18.1 Å². The fourth-order valence-corrected chi connectivity index (χ4v) is 5.45. The lowest BCUT2D eigenvalue weighted by Crippen LogP contribution is -2.54. The highest BCUT2D eigenvalue weighted by atomic mass is 32.2. The summed E-state index contributed by atoms with van der Waals surface area (Å²) in [6.07, 6.45) is 5.47. The first-order chi connectivity index (χ1) is 8.42. The first-order valence-corrected chi connectivity index (χ1v) is 8.88. The van der Waals surface area contributed by atoms with Crippen LogP contribution in [0.15, 0.2) is 0 Å². The van der Waals surface area contributed by atoms with E-state index in [2.05, 4.69) is 18.9 Å². The summed E-state index contributed by atoms with van der Waals surface area (Å²) >= 11 is 0. The van der Waals surface area contributed by atoms with Crippen molar-refractivity contribution in [1.82, 2.24) is 4.90 Å². The molecule has 5 heteroatoms. The zero-order valence-corrected chi connectivity index (χ0v) is 12.4. The van der Waals surface area contributed by atoms with Crippen molar-refractivity contribution in [2.75, 3.05) is 25.1 Å². The minimum Gasteiger partial charge on any atom is -0.329 e. The zero-order chi connectivity index (χ0) is 13.4. The summed E-state index contributed by atoms with van der Waals surface area (Å²) in [6.45, 7) is 2.88. The van der Waals surface area contributed by atoms with Crippen LogP contribution in [0, 0.1) is 5.92 Å². The molecule has 1 saturated carbocycles. The quantitative estimate of drug-likeness (QED) is 0.831. The van der Waals surface area contributed by atoms with Crippen molar-refractivity contribution < 1.29 is 8.42 Å². The summed E-state index contributed by atoms with van der Waals surface area (Å²) in [5.41, 5.74) is 6.08. The molecule has 4 nitrogen and oxygen atoms in total. The third kappa shape index (κ3) is 2.58. The van der Waals surface area contributed by atoms with Gasteiger partial charge in [0.1, 0.15) is 0 Å². The lowest BCUT2D eigenvalue weighted by Gasteiger charge is -2.41. The first-order valence-electron chi connectivity index (χ1n) is 7.06. The summed E-state index contributed by atoms with van der Waals surface area (Å²) in [5.74, 6) is 1.43. The highest BCUT2D eigenvalue weighted by molar-refractivity contribution is 7.91. The van der Waals surface area contributed by atoms with Crippen molar-refractivity contribution >= 4 is 9.84 Å². The van der Waals surface area contributed by atoms with Crippen molar-refractivity contribution in [3.05, 3.63) is 0 Å². The van der Waals surface area contributed by atoms with Crippen LogP contribution in [0.5, 0.6) is 0 Å². The molecule has 2 rings (SSSR count). The van der Waals surface area contributed by atoms with E-state index in [1.165, 1.54) is 12.8 Å². The third-order valence-electron chi connectivity index (χ3n) is 5.15. The Morgan fingerprint density at radius 3 is 2.56 bits per heavy atom. The number of hydrogen-bond donors (Lipinski definition) is 1. The van der Waals surface area contributed by atoms with E-state index in [1.807, 2.05) is 0 Å². The molecule has 0 aromatic heterocycles. The van der Waals surface area contributed by atoms with E-state index in [0.717, 1.165) is 25.2 Å². The van der Waals surface area contributed by atoms with Crippen LogP contribution in [0.4, 0.5) is 0 Å². The van der Waals surface area contributed by atoms with Gasteiger partial charge in [0.15, 0.2) is 9.84 Å². The van der Waals surface area contributed by atoms with Crippen LogP contribution in [0.3, 0.4) is 0 Å². The smallest absolute Gasteiger partial charge is 0.151 e. The van der Waals surface area contributed by atoms with Crippen LogP contribution < -0.4 is 5.73 Å². The second kappa shape index (κ2) is 5.10. The normalized spacial score (nSPS) is 39.6. The van der Waals surface area contributed by atoms with Gasteiger partial charge in [0.2, 0.25) is 0 Å². The largest absolute Gasteiger partial charge is 0.329 e. The maximum Gasteiger partial charge on any atom is 0.151 e. The molecular weight excluding hydrogens is 248 g/mol. The number of rotatable bonds is 4. The molecule has 1 saturated heterocycles. The second-order valence-corrected chi connectivity index (χ2v) is 8.34. The zero-order valence-electron chi connectivity index (χ0n) is 11.6. The summed E-state index contributed by atoms with van der Waals surface area (Å²) < 4.78 is 23.2. The predicted octanol–water partition coefficient (Wildman–Crippen LogP) is 1.01. The molecule has 0 spiro atoms. The molecule has 3 atom stereocenters. The van der Waals surface area contributed by atoms with Crippen molar-refractivity contribution in [2.45, 2.75) is 50.6 Å². The van der Waals surface area contributed by atoms with E-state index in [1.54, 1.807) is 0 Å². The van der Waals surface area contributed by atoms with Gasteiger partial charge in [-0.3, -0.25) is 4.90 Å². The summed E-state index contributed by atoms with van der Waals surface area (Å²) in [4.78, 5) is 2.30. The van der Waals surface area contributed by atoms with Crippen molar-refractivity contribution in [3.63, 3.8) is 0 Å². The Morgan fingerprint density at radius 1 is 1.39 bits per heavy atom. The molecule has 1 aliphatic carbocycles. The summed E-state index contributed by atoms with van der Waals surface area (Å²) in [5, 5.41) is 0. The number of nitrogens with zero attached hydrogens (tertiary/aromatic N) is 1. The van der Waals surface area contributed by atoms with Gasteiger partial charge in [-0.15, -0.1) is 0 Å². The lowest BCUT2D eigenvalue weighted by molar-refractivity contribution is 0.0885. The van der Waals surface area contributed by atoms with E-state index < -0.39 is 9.84 Å². The van der Waals surface area contributed by atoms with Gasteiger partial charge in [0.05, 0.1) is 11.5 Å². The Hall–Kier alpha value is -0.130. The van der Waals surface area contributed by atoms with Crippen molar-refractivity contribution in [1.29, 1.82) is 0 Å².